The molecule has 4 heterocycles. The molecule has 2 aromatic carbocycles. The molecule has 6 N–H and O–H groups in total. The van der Waals surface area contributed by atoms with Gasteiger partial charge >= 0.3 is 0 Å². The maximum absolute atomic E-state index is 15.2. The zero-order valence-corrected chi connectivity index (χ0v) is 22.9. The number of amides is 1. The highest BCUT2D eigenvalue weighted by molar-refractivity contribution is 6.31. The highest BCUT2D eigenvalue weighted by Crippen LogP contribution is 2.60. The van der Waals surface area contributed by atoms with E-state index >= 15 is 4.39 Å². The van der Waals surface area contributed by atoms with Gasteiger partial charge in [0, 0.05) is 40.2 Å². The van der Waals surface area contributed by atoms with E-state index in [1.165, 1.54) is 17.3 Å². The molecule has 0 bridgehead atoms. The van der Waals surface area contributed by atoms with Crippen LogP contribution in [0.5, 0.6) is 0 Å². The number of anilines is 2. The number of carbonyl (C=O) groups excluding carboxylic acids is 1. The molecule has 208 valence electrons. The lowest BCUT2D eigenvalue weighted by Gasteiger charge is -2.20. The first-order valence-corrected chi connectivity index (χ1v) is 13.7. The summed E-state index contributed by atoms with van der Waals surface area (Å²) in [6.45, 7) is 0. The number of hydrazine groups is 1. The van der Waals surface area contributed by atoms with Crippen LogP contribution in [0.2, 0.25) is 5.02 Å². The first-order chi connectivity index (χ1) is 19.7. The lowest BCUT2D eigenvalue weighted by molar-refractivity contribution is -0.116. The van der Waals surface area contributed by atoms with E-state index in [1.807, 2.05) is 6.07 Å². The molecule has 10 nitrogen and oxygen atoms in total. The number of carbonyl (C=O) groups is 1. The Morgan fingerprint density at radius 3 is 2.78 bits per heavy atom. The molecule has 0 radical (unpaired) electrons. The highest BCUT2D eigenvalue weighted by atomic mass is 35.5. The molecule has 3 unspecified atom stereocenters. The molecule has 1 aliphatic carbocycles. The van der Waals surface area contributed by atoms with Crippen molar-refractivity contribution in [3.8, 4) is 22.5 Å². The molecule has 2 aromatic heterocycles. The minimum atomic E-state index is -0.652. The Morgan fingerprint density at radius 1 is 1.15 bits per heavy atom. The van der Waals surface area contributed by atoms with Gasteiger partial charge in [-0.15, -0.1) is 0 Å². The quantitative estimate of drug-likeness (QED) is 0.153. The maximum Gasteiger partial charge on any atom is 0.254 e. The number of aromatic nitrogens is 4. The van der Waals surface area contributed by atoms with Crippen molar-refractivity contribution < 1.29 is 9.18 Å². The molecule has 3 aliphatic rings. The summed E-state index contributed by atoms with van der Waals surface area (Å²) in [6, 6.07) is 11.3. The fraction of sp³-hybridized carbons (Fsp3) is 0.214. The van der Waals surface area contributed by atoms with Gasteiger partial charge in [-0.3, -0.25) is 19.2 Å². The van der Waals surface area contributed by atoms with Gasteiger partial charge in [0.1, 0.15) is 22.5 Å². The van der Waals surface area contributed by atoms with Crippen molar-refractivity contribution in [2.75, 3.05) is 10.3 Å². The minimum absolute atomic E-state index is 0.0220. The number of nitrogens with one attached hydrogen (secondary N) is 2. The molecular weight excluding hydrogens is 570 g/mol. The van der Waals surface area contributed by atoms with E-state index < -0.39 is 12.0 Å². The van der Waals surface area contributed by atoms with Crippen LogP contribution >= 0.6 is 23.2 Å². The van der Waals surface area contributed by atoms with Crippen LogP contribution in [0.1, 0.15) is 42.0 Å². The third-order valence-corrected chi connectivity index (χ3v) is 8.19. The van der Waals surface area contributed by atoms with Crippen molar-refractivity contribution in [2.45, 2.75) is 31.2 Å². The van der Waals surface area contributed by atoms with Crippen LogP contribution in [0.15, 0.2) is 58.6 Å². The number of rotatable bonds is 5. The molecule has 7 rings (SSSR count). The van der Waals surface area contributed by atoms with E-state index in [9.17, 15) is 9.59 Å². The van der Waals surface area contributed by atoms with E-state index in [0.29, 0.717) is 52.0 Å². The largest absolute Gasteiger partial charge is 0.388 e. The van der Waals surface area contributed by atoms with Crippen LogP contribution in [-0.4, -0.2) is 25.4 Å². The zero-order chi connectivity index (χ0) is 28.6. The molecule has 41 heavy (non-hydrogen) atoms. The molecule has 13 heteroatoms. The van der Waals surface area contributed by atoms with E-state index in [4.69, 9.17) is 39.8 Å². The van der Waals surface area contributed by atoms with Gasteiger partial charge < -0.3 is 16.0 Å². The Labute approximate surface area is 242 Å². The smallest absolute Gasteiger partial charge is 0.254 e. The number of aromatic amines is 1. The average Bonchev–Trinajstić information content (AvgIpc) is 3.51. The Kier molecular flexibility index (Phi) is 5.93. The minimum Gasteiger partial charge on any atom is -0.388 e. The van der Waals surface area contributed by atoms with Gasteiger partial charge in [-0.1, -0.05) is 29.3 Å². The van der Waals surface area contributed by atoms with Crippen molar-refractivity contribution in [3.63, 3.8) is 0 Å². The van der Waals surface area contributed by atoms with Gasteiger partial charge in [0.25, 0.3) is 5.56 Å². The average molecular weight is 593 g/mol. The van der Waals surface area contributed by atoms with Gasteiger partial charge in [-0.2, -0.15) is 4.39 Å². The Balaban J connectivity index is 1.27. The third kappa shape index (κ3) is 4.37. The van der Waals surface area contributed by atoms with Crippen LogP contribution in [0.25, 0.3) is 22.5 Å². The third-order valence-electron chi connectivity index (χ3n) is 7.86. The van der Waals surface area contributed by atoms with Crippen LogP contribution in [0, 0.1) is 11.9 Å². The summed E-state index contributed by atoms with van der Waals surface area (Å²) in [7, 11) is 0. The summed E-state index contributed by atoms with van der Waals surface area (Å²) in [5.41, 5.74) is 9.23. The molecule has 1 saturated carbocycles. The number of halogens is 3. The lowest BCUT2D eigenvalue weighted by Crippen LogP contribution is -2.28. The normalized spacial score (nSPS) is 20.7. The first kappa shape index (κ1) is 25.8. The fourth-order valence-corrected chi connectivity index (χ4v) is 6.22. The molecule has 2 aliphatic heterocycles. The number of fused-ring (bicyclic) bond motifs is 4. The van der Waals surface area contributed by atoms with Crippen molar-refractivity contribution in [2.24, 2.45) is 17.5 Å². The molecule has 0 saturated heterocycles. The van der Waals surface area contributed by atoms with Gasteiger partial charge in [0.15, 0.2) is 0 Å². The van der Waals surface area contributed by atoms with Crippen LogP contribution in [0.3, 0.4) is 0 Å². The summed E-state index contributed by atoms with van der Waals surface area (Å²) in [6.07, 6.45) is 3.09. The SMILES string of the molecule is N/C(Cl)=C\N(N)c1ccc(Cl)cc1-c1cc(=O)n2c(n1)C1CC1C2c1nc(F)c(-c2ccc3c(c2)CCC(=O)N3)[nH]1. The number of hydrogen-bond donors (Lipinski definition) is 4. The summed E-state index contributed by atoms with van der Waals surface area (Å²) in [5, 5.41) is 4.49. The first-order valence-electron chi connectivity index (χ1n) is 13.0. The number of nitrogens with zero attached hydrogens (tertiary/aromatic N) is 4. The second-order valence-electron chi connectivity index (χ2n) is 10.4. The molecule has 0 spiro atoms. The summed E-state index contributed by atoms with van der Waals surface area (Å²) in [4.78, 5) is 37.5. The van der Waals surface area contributed by atoms with Gasteiger partial charge in [-0.25, -0.2) is 15.8 Å². The highest BCUT2D eigenvalue weighted by Gasteiger charge is 2.55. The van der Waals surface area contributed by atoms with Crippen molar-refractivity contribution in [1.29, 1.82) is 0 Å². The molecular formula is C28H23Cl2FN8O2. The summed E-state index contributed by atoms with van der Waals surface area (Å²) < 4.78 is 16.8. The predicted molar refractivity (Wildman–Crippen MR) is 154 cm³/mol. The number of benzene rings is 2. The number of H-pyrrole nitrogens is 1. The number of hydrogen-bond acceptors (Lipinski definition) is 7. The predicted octanol–water partition coefficient (Wildman–Crippen LogP) is 4.36. The monoisotopic (exact) mass is 592 g/mol. The van der Waals surface area contributed by atoms with E-state index in [0.717, 1.165) is 17.7 Å². The summed E-state index contributed by atoms with van der Waals surface area (Å²) >= 11 is 12.1. The number of imidazole rings is 1. The van der Waals surface area contributed by atoms with Crippen molar-refractivity contribution in [1.82, 2.24) is 19.5 Å². The Hall–Kier alpha value is -4.19. The van der Waals surface area contributed by atoms with Crippen molar-refractivity contribution in [3.05, 3.63) is 92.4 Å². The number of nitrogens with two attached hydrogens (primary N) is 2. The molecule has 1 amide bonds. The van der Waals surface area contributed by atoms with Gasteiger partial charge in [-0.05, 0) is 54.7 Å². The van der Waals surface area contributed by atoms with Gasteiger partial charge in [0.05, 0.1) is 23.6 Å². The van der Waals surface area contributed by atoms with Crippen molar-refractivity contribution >= 4 is 40.5 Å². The maximum atomic E-state index is 15.2. The molecule has 3 atom stereocenters. The lowest BCUT2D eigenvalue weighted by atomic mass is 9.99. The second-order valence-corrected chi connectivity index (χ2v) is 11.3. The van der Waals surface area contributed by atoms with Crippen LogP contribution in [0.4, 0.5) is 15.8 Å². The number of aryl methyl sites for hydroxylation is 1. The second kappa shape index (κ2) is 9.44. The zero-order valence-electron chi connectivity index (χ0n) is 21.4. The van der Waals surface area contributed by atoms with E-state index in [1.54, 1.807) is 34.9 Å². The molecule has 1 fully saturated rings. The fourth-order valence-electron chi connectivity index (χ4n) is 5.95. The summed E-state index contributed by atoms with van der Waals surface area (Å²) in [5.74, 6) is 6.53. The van der Waals surface area contributed by atoms with E-state index in [2.05, 4.69) is 15.3 Å². The molecule has 4 aromatic rings. The van der Waals surface area contributed by atoms with Gasteiger partial charge in [0.2, 0.25) is 11.9 Å². The van der Waals surface area contributed by atoms with E-state index in [-0.39, 0.29) is 34.2 Å². The standard InChI is InChI=1S/C28H23Cl2FN8O2/c29-14-3-5-20(38(33)11-21(30)32)17(8-14)19-10-23(41)39-25(15-9-16(15)28(39)35-19)27-36-24(26(31)37-27)13-1-4-18-12(7-13)2-6-22(40)34-18/h1,3-5,7-8,10-11,15-16,25H,2,6,9,32-33H2,(H,34,40)(H,36,37)/b21-11-. The van der Waals surface area contributed by atoms with Crippen LogP contribution < -0.4 is 27.5 Å². The topological polar surface area (TPSA) is 148 Å². The van der Waals surface area contributed by atoms with Crippen LogP contribution in [-0.2, 0) is 11.2 Å². The Bertz CT molecular complexity index is 1850. The Morgan fingerprint density at radius 2 is 1.98 bits per heavy atom.